The molecular weight excluding hydrogens is 226 g/mol. The second-order valence-corrected chi connectivity index (χ2v) is 5.12. The van der Waals surface area contributed by atoms with Crippen molar-refractivity contribution < 1.29 is 4.74 Å². The summed E-state index contributed by atoms with van der Waals surface area (Å²) in [5, 5.41) is 3.41. The number of nitrogens with one attached hydrogen (secondary N) is 1. The van der Waals surface area contributed by atoms with Gasteiger partial charge >= 0.3 is 0 Å². The number of likely N-dealkylation sites (N-methyl/N-ethyl adjacent to an activating group) is 2. The van der Waals surface area contributed by atoms with Gasteiger partial charge in [-0.1, -0.05) is 12.1 Å². The van der Waals surface area contributed by atoms with E-state index in [0.717, 1.165) is 32.8 Å². The minimum Gasteiger partial charge on any atom is -0.371 e. The first-order chi connectivity index (χ1) is 8.77. The molecule has 0 saturated carbocycles. The minimum absolute atomic E-state index is 0.183. The zero-order chi connectivity index (χ0) is 12.5. The van der Waals surface area contributed by atoms with Crippen LogP contribution in [0.2, 0.25) is 0 Å². The maximum absolute atomic E-state index is 5.91. The van der Waals surface area contributed by atoms with E-state index < -0.39 is 0 Å². The molecule has 2 aliphatic heterocycles. The lowest BCUT2D eigenvalue weighted by Crippen LogP contribution is -2.39. The average molecular weight is 247 g/mol. The fourth-order valence-corrected chi connectivity index (χ4v) is 2.83. The van der Waals surface area contributed by atoms with Crippen molar-refractivity contribution in [3.8, 4) is 0 Å². The Morgan fingerprint density at radius 1 is 1.22 bits per heavy atom. The van der Waals surface area contributed by atoms with Gasteiger partial charge in [-0.2, -0.15) is 0 Å². The van der Waals surface area contributed by atoms with Crippen LogP contribution in [0.15, 0.2) is 18.2 Å². The number of anilines is 2. The van der Waals surface area contributed by atoms with Crippen LogP contribution in [0.5, 0.6) is 0 Å². The molecular formula is C14H21N3O. The fourth-order valence-electron chi connectivity index (χ4n) is 2.83. The van der Waals surface area contributed by atoms with Crippen LogP contribution in [0.4, 0.5) is 11.4 Å². The van der Waals surface area contributed by atoms with Crippen molar-refractivity contribution in [2.24, 2.45) is 0 Å². The molecule has 3 rings (SSSR count). The zero-order valence-corrected chi connectivity index (χ0v) is 11.1. The number of hydrogen-bond donors (Lipinski definition) is 1. The summed E-state index contributed by atoms with van der Waals surface area (Å²) in [4.78, 5) is 4.68. The minimum atomic E-state index is 0.183. The quantitative estimate of drug-likeness (QED) is 0.808. The third-order valence-electron chi connectivity index (χ3n) is 3.88. The molecule has 4 heteroatoms. The maximum Gasteiger partial charge on any atom is 0.0970 e. The smallest absolute Gasteiger partial charge is 0.0970 e. The van der Waals surface area contributed by atoms with Gasteiger partial charge in [0, 0.05) is 45.8 Å². The number of ether oxygens (including phenoxy) is 1. The van der Waals surface area contributed by atoms with Crippen LogP contribution in [0.3, 0.4) is 0 Å². The van der Waals surface area contributed by atoms with Gasteiger partial charge in [0.25, 0.3) is 0 Å². The van der Waals surface area contributed by atoms with E-state index >= 15 is 0 Å². The summed E-state index contributed by atoms with van der Waals surface area (Å²) in [5.41, 5.74) is 3.96. The topological polar surface area (TPSA) is 27.7 Å². The molecule has 0 aliphatic carbocycles. The molecule has 1 aromatic rings. The summed E-state index contributed by atoms with van der Waals surface area (Å²) in [6.45, 7) is 4.82. The molecule has 0 radical (unpaired) electrons. The van der Waals surface area contributed by atoms with Gasteiger partial charge in [0.05, 0.1) is 24.1 Å². The third-order valence-corrected chi connectivity index (χ3v) is 3.88. The first-order valence-corrected chi connectivity index (χ1v) is 6.65. The van der Waals surface area contributed by atoms with Crippen LogP contribution in [-0.4, -0.2) is 46.9 Å². The standard InChI is InChI=1S/C14H21N3O/c1-16-7-8-17(2)14-11(4-3-5-12(14)16)13-10-15-6-9-18-13/h3-5,13,15H,6-10H2,1-2H3. The van der Waals surface area contributed by atoms with Gasteiger partial charge in [-0.05, 0) is 6.07 Å². The Kier molecular flexibility index (Phi) is 3.14. The van der Waals surface area contributed by atoms with Crippen molar-refractivity contribution >= 4 is 11.4 Å². The van der Waals surface area contributed by atoms with Crippen molar-refractivity contribution in [1.82, 2.24) is 5.32 Å². The number of morpholine rings is 1. The molecule has 4 nitrogen and oxygen atoms in total. The van der Waals surface area contributed by atoms with Crippen LogP contribution in [0, 0.1) is 0 Å². The number of rotatable bonds is 1. The van der Waals surface area contributed by atoms with E-state index in [1.165, 1.54) is 16.9 Å². The van der Waals surface area contributed by atoms with Gasteiger partial charge in [-0.25, -0.2) is 0 Å². The van der Waals surface area contributed by atoms with E-state index in [2.05, 4.69) is 47.4 Å². The maximum atomic E-state index is 5.91. The predicted octanol–water partition coefficient (Wildman–Crippen LogP) is 1.23. The fraction of sp³-hybridized carbons (Fsp3) is 0.571. The van der Waals surface area contributed by atoms with E-state index in [-0.39, 0.29) is 6.10 Å². The highest BCUT2D eigenvalue weighted by Crippen LogP contribution is 2.38. The molecule has 2 heterocycles. The lowest BCUT2D eigenvalue weighted by atomic mass is 10.0. The Morgan fingerprint density at radius 3 is 2.83 bits per heavy atom. The molecule has 0 bridgehead atoms. The zero-order valence-electron chi connectivity index (χ0n) is 11.1. The second-order valence-electron chi connectivity index (χ2n) is 5.12. The number of nitrogens with zero attached hydrogens (tertiary/aromatic N) is 2. The second kappa shape index (κ2) is 4.78. The van der Waals surface area contributed by atoms with Crippen LogP contribution in [0.1, 0.15) is 11.7 Å². The lowest BCUT2D eigenvalue weighted by molar-refractivity contribution is 0.0280. The van der Waals surface area contributed by atoms with Crippen molar-refractivity contribution in [2.75, 3.05) is 56.7 Å². The van der Waals surface area contributed by atoms with Gasteiger partial charge in [0.2, 0.25) is 0 Å². The van der Waals surface area contributed by atoms with Crippen molar-refractivity contribution in [3.05, 3.63) is 23.8 Å². The molecule has 2 aliphatic rings. The first-order valence-electron chi connectivity index (χ1n) is 6.65. The van der Waals surface area contributed by atoms with Gasteiger partial charge < -0.3 is 19.9 Å². The molecule has 0 aromatic heterocycles. The van der Waals surface area contributed by atoms with Crippen molar-refractivity contribution in [1.29, 1.82) is 0 Å². The Morgan fingerprint density at radius 2 is 2.06 bits per heavy atom. The Hall–Kier alpha value is -1.26. The molecule has 0 spiro atoms. The van der Waals surface area contributed by atoms with E-state index in [0.29, 0.717) is 0 Å². The highest BCUT2D eigenvalue weighted by molar-refractivity contribution is 5.76. The van der Waals surface area contributed by atoms with Gasteiger partial charge in [-0.3, -0.25) is 0 Å². The van der Waals surface area contributed by atoms with Gasteiger partial charge in [0.15, 0.2) is 0 Å². The Balaban J connectivity index is 2.01. The molecule has 1 atom stereocenters. The van der Waals surface area contributed by atoms with Crippen molar-refractivity contribution in [3.63, 3.8) is 0 Å². The Labute approximate surface area is 109 Å². The van der Waals surface area contributed by atoms with Crippen LogP contribution < -0.4 is 15.1 Å². The Bertz CT molecular complexity index is 429. The van der Waals surface area contributed by atoms with E-state index in [4.69, 9.17) is 4.74 Å². The number of fused-ring (bicyclic) bond motifs is 1. The average Bonchev–Trinajstić information content (AvgIpc) is 2.43. The molecule has 0 amide bonds. The lowest BCUT2D eigenvalue weighted by Gasteiger charge is -2.38. The third kappa shape index (κ3) is 1.95. The van der Waals surface area contributed by atoms with Crippen molar-refractivity contribution in [2.45, 2.75) is 6.10 Å². The number of para-hydroxylation sites is 1. The van der Waals surface area contributed by atoms with Crippen LogP contribution >= 0.6 is 0 Å². The highest BCUT2D eigenvalue weighted by atomic mass is 16.5. The summed E-state index contributed by atoms with van der Waals surface area (Å²) < 4.78 is 5.91. The van der Waals surface area contributed by atoms with E-state index in [1.54, 1.807) is 0 Å². The van der Waals surface area contributed by atoms with Crippen LogP contribution in [-0.2, 0) is 4.74 Å². The molecule has 1 aromatic carbocycles. The van der Waals surface area contributed by atoms with E-state index in [9.17, 15) is 0 Å². The monoisotopic (exact) mass is 247 g/mol. The molecule has 1 saturated heterocycles. The normalized spacial score (nSPS) is 24.0. The predicted molar refractivity (Wildman–Crippen MR) is 74.5 cm³/mol. The van der Waals surface area contributed by atoms with Crippen LogP contribution in [0.25, 0.3) is 0 Å². The van der Waals surface area contributed by atoms with Gasteiger partial charge in [-0.15, -0.1) is 0 Å². The molecule has 1 fully saturated rings. The largest absolute Gasteiger partial charge is 0.371 e. The summed E-state index contributed by atoms with van der Waals surface area (Å²) in [6, 6.07) is 6.54. The van der Waals surface area contributed by atoms with Gasteiger partial charge in [0.1, 0.15) is 0 Å². The first kappa shape index (κ1) is 11.8. The number of benzene rings is 1. The summed E-state index contributed by atoms with van der Waals surface area (Å²) >= 11 is 0. The van der Waals surface area contributed by atoms with E-state index in [1.807, 2.05) is 0 Å². The molecule has 1 unspecified atom stereocenters. The molecule has 98 valence electrons. The SMILES string of the molecule is CN1CCN(C)c2c(C3CNCCO3)cccc21. The highest BCUT2D eigenvalue weighted by Gasteiger charge is 2.26. The molecule has 1 N–H and O–H groups in total. The molecule has 18 heavy (non-hydrogen) atoms. The number of hydrogen-bond acceptors (Lipinski definition) is 4. The summed E-state index contributed by atoms with van der Waals surface area (Å²) in [7, 11) is 4.33. The summed E-state index contributed by atoms with van der Waals surface area (Å²) in [5.74, 6) is 0. The summed E-state index contributed by atoms with van der Waals surface area (Å²) in [6.07, 6.45) is 0.183.